The van der Waals surface area contributed by atoms with Gasteiger partial charge in [-0.25, -0.2) is 9.97 Å². The van der Waals surface area contributed by atoms with Crippen molar-refractivity contribution in [1.29, 1.82) is 0 Å². The second kappa shape index (κ2) is 8.04. The molecule has 0 aliphatic heterocycles. The van der Waals surface area contributed by atoms with Crippen LogP contribution in [-0.2, 0) is 0 Å². The second-order valence-corrected chi connectivity index (χ2v) is 6.49. The van der Waals surface area contributed by atoms with Gasteiger partial charge in [0.1, 0.15) is 0 Å². The number of nitrogens with zero attached hydrogens (tertiary/aromatic N) is 4. The Morgan fingerprint density at radius 1 is 0.966 bits per heavy atom. The van der Waals surface area contributed by atoms with Gasteiger partial charge in [0, 0.05) is 17.0 Å². The van der Waals surface area contributed by atoms with E-state index >= 15 is 0 Å². The molecule has 0 atom stereocenters. The minimum Gasteiger partial charge on any atom is -0.261 e. The molecule has 7 nitrogen and oxygen atoms in total. The van der Waals surface area contributed by atoms with Gasteiger partial charge >= 0.3 is 0 Å². The summed E-state index contributed by atoms with van der Waals surface area (Å²) in [6.45, 7) is 0. The molecule has 0 aliphatic carbocycles. The van der Waals surface area contributed by atoms with Gasteiger partial charge in [0.25, 0.3) is 5.69 Å². The van der Waals surface area contributed by atoms with Gasteiger partial charge < -0.3 is 0 Å². The zero-order chi connectivity index (χ0) is 20.2. The molecule has 0 amide bonds. The summed E-state index contributed by atoms with van der Waals surface area (Å²) in [4.78, 5) is 19.9. The lowest BCUT2D eigenvalue weighted by molar-refractivity contribution is -0.385. The average molecular weight is 404 g/mol. The molecule has 0 unspecified atom stereocenters. The fourth-order valence-electron chi connectivity index (χ4n) is 2.85. The van der Waals surface area contributed by atoms with E-state index in [-0.39, 0.29) is 5.69 Å². The summed E-state index contributed by atoms with van der Waals surface area (Å²) >= 11 is 6.30. The molecule has 4 aromatic rings. The number of anilines is 1. The van der Waals surface area contributed by atoms with Crippen molar-refractivity contribution in [2.24, 2.45) is 5.10 Å². The molecule has 0 spiro atoms. The van der Waals surface area contributed by atoms with Crippen LogP contribution in [0.3, 0.4) is 0 Å². The van der Waals surface area contributed by atoms with E-state index < -0.39 is 4.92 Å². The fourth-order valence-corrected chi connectivity index (χ4v) is 3.07. The Balaban J connectivity index is 1.74. The number of hydrazone groups is 1. The van der Waals surface area contributed by atoms with Crippen LogP contribution in [0.2, 0.25) is 5.02 Å². The number of nitro benzene ring substituents is 1. The van der Waals surface area contributed by atoms with Gasteiger partial charge in [-0.05, 0) is 30.3 Å². The van der Waals surface area contributed by atoms with Gasteiger partial charge in [0.05, 0.1) is 27.2 Å². The molecular formula is C21H14ClN5O2. The van der Waals surface area contributed by atoms with E-state index in [2.05, 4.69) is 20.5 Å². The fraction of sp³-hybridized carbons (Fsp3) is 0. The van der Waals surface area contributed by atoms with E-state index in [1.807, 2.05) is 42.5 Å². The van der Waals surface area contributed by atoms with Crippen LogP contribution in [-0.4, -0.2) is 21.1 Å². The van der Waals surface area contributed by atoms with E-state index in [0.29, 0.717) is 27.8 Å². The van der Waals surface area contributed by atoms with Crippen molar-refractivity contribution < 1.29 is 4.92 Å². The Labute approximate surface area is 170 Å². The van der Waals surface area contributed by atoms with Crippen LogP contribution in [0.4, 0.5) is 11.5 Å². The molecule has 1 heterocycles. The molecule has 3 aromatic carbocycles. The van der Waals surface area contributed by atoms with Gasteiger partial charge in [-0.3, -0.25) is 15.5 Å². The van der Waals surface area contributed by atoms with Crippen LogP contribution < -0.4 is 5.43 Å². The predicted molar refractivity (Wildman–Crippen MR) is 114 cm³/mol. The SMILES string of the molecule is O=[N+]([O-])c1ccccc1/C=N\Nc1nc(-c2ccccc2Cl)nc2ccccc12. The van der Waals surface area contributed by atoms with Gasteiger partial charge in [0.15, 0.2) is 11.6 Å². The van der Waals surface area contributed by atoms with Crippen LogP contribution in [0.25, 0.3) is 22.3 Å². The average Bonchev–Trinajstić information content (AvgIpc) is 2.74. The summed E-state index contributed by atoms with van der Waals surface area (Å²) in [5.74, 6) is 0.929. The second-order valence-electron chi connectivity index (χ2n) is 6.08. The highest BCUT2D eigenvalue weighted by atomic mass is 35.5. The molecule has 0 radical (unpaired) electrons. The summed E-state index contributed by atoms with van der Waals surface area (Å²) in [7, 11) is 0. The van der Waals surface area contributed by atoms with Gasteiger partial charge in [-0.1, -0.05) is 48.0 Å². The molecule has 1 N–H and O–H groups in total. The number of para-hydroxylation sites is 2. The summed E-state index contributed by atoms with van der Waals surface area (Å²) in [6.07, 6.45) is 1.39. The van der Waals surface area contributed by atoms with Crippen molar-refractivity contribution in [2.45, 2.75) is 0 Å². The molecule has 8 heteroatoms. The maximum atomic E-state index is 11.2. The van der Waals surface area contributed by atoms with Crippen molar-refractivity contribution in [3.63, 3.8) is 0 Å². The molecule has 0 aliphatic rings. The largest absolute Gasteiger partial charge is 0.278 e. The Kier molecular flexibility index (Phi) is 5.13. The number of rotatable bonds is 5. The lowest BCUT2D eigenvalue weighted by Gasteiger charge is -2.09. The van der Waals surface area contributed by atoms with Crippen LogP contribution in [0.15, 0.2) is 77.9 Å². The first-order valence-electron chi connectivity index (χ1n) is 8.67. The first kappa shape index (κ1) is 18.5. The normalized spacial score (nSPS) is 11.1. The number of halogens is 1. The zero-order valence-electron chi connectivity index (χ0n) is 15.0. The molecular weight excluding hydrogens is 390 g/mol. The van der Waals surface area contributed by atoms with E-state index in [4.69, 9.17) is 11.6 Å². The molecule has 4 rings (SSSR count). The third kappa shape index (κ3) is 3.90. The molecule has 1 aromatic heterocycles. The highest BCUT2D eigenvalue weighted by Crippen LogP contribution is 2.29. The lowest BCUT2D eigenvalue weighted by atomic mass is 10.2. The van der Waals surface area contributed by atoms with Crippen molar-refractivity contribution in [2.75, 3.05) is 5.43 Å². The highest BCUT2D eigenvalue weighted by molar-refractivity contribution is 6.33. The van der Waals surface area contributed by atoms with E-state index in [1.165, 1.54) is 12.3 Å². The first-order valence-corrected chi connectivity index (χ1v) is 9.05. The van der Waals surface area contributed by atoms with E-state index in [1.54, 1.807) is 24.3 Å². The maximum Gasteiger partial charge on any atom is 0.278 e. The van der Waals surface area contributed by atoms with Gasteiger partial charge in [-0.2, -0.15) is 5.10 Å². The number of nitro groups is 1. The Morgan fingerprint density at radius 3 is 2.52 bits per heavy atom. The van der Waals surface area contributed by atoms with Crippen molar-refractivity contribution in [3.8, 4) is 11.4 Å². The number of fused-ring (bicyclic) bond motifs is 1. The number of hydrogen-bond donors (Lipinski definition) is 1. The highest BCUT2D eigenvalue weighted by Gasteiger charge is 2.12. The monoisotopic (exact) mass is 403 g/mol. The molecule has 0 bridgehead atoms. The van der Waals surface area contributed by atoms with Crippen LogP contribution in [0, 0.1) is 10.1 Å². The summed E-state index contributed by atoms with van der Waals surface area (Å²) in [6, 6.07) is 21.2. The Bertz CT molecular complexity index is 1240. The summed E-state index contributed by atoms with van der Waals surface area (Å²) < 4.78 is 0. The van der Waals surface area contributed by atoms with Crippen LogP contribution >= 0.6 is 11.6 Å². The Hall–Kier alpha value is -3.84. The van der Waals surface area contributed by atoms with Crippen LogP contribution in [0.5, 0.6) is 0 Å². The molecule has 0 saturated heterocycles. The van der Waals surface area contributed by atoms with E-state index in [0.717, 1.165) is 10.9 Å². The third-order valence-electron chi connectivity index (χ3n) is 4.23. The van der Waals surface area contributed by atoms with Crippen molar-refractivity contribution >= 4 is 40.2 Å². The van der Waals surface area contributed by atoms with E-state index in [9.17, 15) is 10.1 Å². The Morgan fingerprint density at radius 2 is 1.69 bits per heavy atom. The van der Waals surface area contributed by atoms with Crippen molar-refractivity contribution in [1.82, 2.24) is 9.97 Å². The predicted octanol–water partition coefficient (Wildman–Crippen LogP) is 5.30. The lowest BCUT2D eigenvalue weighted by Crippen LogP contribution is -2.00. The van der Waals surface area contributed by atoms with Gasteiger partial charge in [0.2, 0.25) is 0 Å². The standard InChI is InChI=1S/C21H14ClN5O2/c22-17-10-4-2-8-15(17)20-24-18-11-5-3-9-16(18)21(25-20)26-23-13-14-7-1-6-12-19(14)27(28)29/h1-13H,(H,24,25,26)/b23-13-. The van der Waals surface area contributed by atoms with Crippen LogP contribution in [0.1, 0.15) is 5.56 Å². The minimum atomic E-state index is -0.447. The quantitative estimate of drug-likeness (QED) is 0.277. The third-order valence-corrected chi connectivity index (χ3v) is 4.56. The van der Waals surface area contributed by atoms with Crippen molar-refractivity contribution in [3.05, 3.63) is 93.5 Å². The topological polar surface area (TPSA) is 93.3 Å². The molecule has 0 saturated carbocycles. The smallest absolute Gasteiger partial charge is 0.261 e. The zero-order valence-corrected chi connectivity index (χ0v) is 15.7. The number of benzene rings is 3. The number of hydrogen-bond acceptors (Lipinski definition) is 6. The summed E-state index contributed by atoms with van der Waals surface area (Å²) in [5.41, 5.74) is 4.67. The summed E-state index contributed by atoms with van der Waals surface area (Å²) in [5, 5.41) is 16.6. The number of nitrogens with one attached hydrogen (secondary N) is 1. The minimum absolute atomic E-state index is 0.0256. The molecule has 0 fully saturated rings. The maximum absolute atomic E-state index is 11.2. The number of aromatic nitrogens is 2. The first-order chi connectivity index (χ1) is 14.1. The molecule has 29 heavy (non-hydrogen) atoms. The molecule has 142 valence electrons. The van der Waals surface area contributed by atoms with Gasteiger partial charge in [-0.15, -0.1) is 0 Å².